The topological polar surface area (TPSA) is 101 Å². The third-order valence-electron chi connectivity index (χ3n) is 7.58. The number of hydrogen-bond donors (Lipinski definition) is 1. The van der Waals surface area contributed by atoms with Gasteiger partial charge in [0.2, 0.25) is 11.8 Å². The van der Waals surface area contributed by atoms with Crippen molar-refractivity contribution in [2.75, 3.05) is 44.9 Å². The summed E-state index contributed by atoms with van der Waals surface area (Å²) in [5.74, 6) is 4.52. The van der Waals surface area contributed by atoms with E-state index in [0.717, 1.165) is 30.2 Å². The zero-order valence-electron chi connectivity index (χ0n) is 22.4. The molecule has 2 fully saturated rings. The van der Waals surface area contributed by atoms with Crippen molar-refractivity contribution in [1.29, 1.82) is 0 Å². The van der Waals surface area contributed by atoms with Gasteiger partial charge in [0, 0.05) is 37.3 Å². The van der Waals surface area contributed by atoms with Crippen molar-refractivity contribution in [3.8, 4) is 28.8 Å². The third kappa shape index (κ3) is 5.00. The van der Waals surface area contributed by atoms with E-state index in [1.807, 2.05) is 42.5 Å². The highest BCUT2D eigenvalue weighted by Crippen LogP contribution is 2.35. The van der Waals surface area contributed by atoms with Gasteiger partial charge in [-0.3, -0.25) is 19.7 Å². The summed E-state index contributed by atoms with van der Waals surface area (Å²) in [4.78, 5) is 46.7. The Morgan fingerprint density at radius 1 is 1.07 bits per heavy atom. The van der Waals surface area contributed by atoms with Gasteiger partial charge in [0.1, 0.15) is 11.2 Å². The Morgan fingerprint density at radius 3 is 2.56 bits per heavy atom. The predicted octanol–water partition coefficient (Wildman–Crippen LogP) is 2.77. The molecule has 3 aliphatic heterocycles. The molecule has 0 saturated carbocycles. The lowest BCUT2D eigenvalue weighted by Gasteiger charge is -2.28. The number of fused-ring (bicyclic) bond motifs is 1. The fourth-order valence-corrected chi connectivity index (χ4v) is 5.39. The second-order valence-electron chi connectivity index (χ2n) is 10.2. The van der Waals surface area contributed by atoms with Crippen LogP contribution in [-0.4, -0.2) is 67.6 Å². The quantitative estimate of drug-likeness (QED) is 0.382. The molecule has 1 atom stereocenters. The van der Waals surface area contributed by atoms with Gasteiger partial charge in [-0.25, -0.2) is 9.37 Å². The van der Waals surface area contributed by atoms with Crippen LogP contribution >= 0.6 is 0 Å². The van der Waals surface area contributed by atoms with Crippen LogP contribution in [0, 0.1) is 23.1 Å². The van der Waals surface area contributed by atoms with E-state index in [1.54, 1.807) is 6.07 Å². The largest absolute Gasteiger partial charge is 0.494 e. The maximum Gasteiger partial charge on any atom is 0.257 e. The SMILES string of the molecule is COc1ccc2c(c1F)C(=O)N(C[C@@]1(C#Cc3ccc(-c4cccc(N5CCOCC5)n4)cc3)CC(=O)NC1=O)C2. The van der Waals surface area contributed by atoms with Crippen molar-refractivity contribution < 1.29 is 28.2 Å². The molecule has 4 heterocycles. The summed E-state index contributed by atoms with van der Waals surface area (Å²) in [5.41, 5.74) is 1.31. The fourth-order valence-electron chi connectivity index (χ4n) is 5.39. The molecule has 10 heteroatoms. The molecule has 1 N–H and O–H groups in total. The summed E-state index contributed by atoms with van der Waals surface area (Å²) in [6.07, 6.45) is -0.193. The van der Waals surface area contributed by atoms with Gasteiger partial charge in [0.15, 0.2) is 11.6 Å². The van der Waals surface area contributed by atoms with E-state index < -0.39 is 29.0 Å². The Bertz CT molecular complexity index is 1610. The summed E-state index contributed by atoms with van der Waals surface area (Å²) < 4.78 is 25.3. The Hall–Kier alpha value is -4.75. The van der Waals surface area contributed by atoms with Gasteiger partial charge < -0.3 is 19.3 Å². The molecule has 3 amide bonds. The van der Waals surface area contributed by atoms with Gasteiger partial charge in [0.05, 0.1) is 38.0 Å². The van der Waals surface area contributed by atoms with Gasteiger partial charge in [-0.1, -0.05) is 36.1 Å². The summed E-state index contributed by atoms with van der Waals surface area (Å²) in [6, 6.07) is 16.4. The number of methoxy groups -OCH3 is 1. The van der Waals surface area contributed by atoms with E-state index >= 15 is 0 Å². The van der Waals surface area contributed by atoms with E-state index in [1.165, 1.54) is 18.1 Å². The number of ether oxygens (including phenoxy) is 2. The van der Waals surface area contributed by atoms with E-state index in [2.05, 4.69) is 22.1 Å². The number of imide groups is 1. The van der Waals surface area contributed by atoms with Crippen LogP contribution in [-0.2, 0) is 20.9 Å². The fraction of sp³-hybridized carbons (Fsp3) is 0.290. The van der Waals surface area contributed by atoms with Crippen molar-refractivity contribution in [2.24, 2.45) is 5.41 Å². The van der Waals surface area contributed by atoms with Crippen LogP contribution in [0.2, 0.25) is 0 Å². The Labute approximate surface area is 236 Å². The van der Waals surface area contributed by atoms with E-state index in [0.29, 0.717) is 24.3 Å². The monoisotopic (exact) mass is 554 g/mol. The zero-order valence-corrected chi connectivity index (χ0v) is 22.4. The second-order valence-corrected chi connectivity index (χ2v) is 10.2. The molecule has 0 unspecified atom stereocenters. The summed E-state index contributed by atoms with van der Waals surface area (Å²) in [6.45, 7) is 2.89. The molecule has 208 valence electrons. The van der Waals surface area contributed by atoms with Gasteiger partial charge in [-0.15, -0.1) is 0 Å². The highest BCUT2D eigenvalue weighted by Gasteiger charge is 2.49. The van der Waals surface area contributed by atoms with Crippen molar-refractivity contribution in [3.05, 3.63) is 77.1 Å². The number of morpholine rings is 1. The van der Waals surface area contributed by atoms with Crippen LogP contribution in [0.1, 0.15) is 27.9 Å². The lowest BCUT2D eigenvalue weighted by atomic mass is 9.85. The summed E-state index contributed by atoms with van der Waals surface area (Å²) >= 11 is 0. The smallest absolute Gasteiger partial charge is 0.257 e. The number of carbonyl (C=O) groups excluding carboxylic acids is 3. The minimum atomic E-state index is -1.46. The van der Waals surface area contributed by atoms with Crippen molar-refractivity contribution in [1.82, 2.24) is 15.2 Å². The summed E-state index contributed by atoms with van der Waals surface area (Å²) in [7, 11) is 1.33. The van der Waals surface area contributed by atoms with Gasteiger partial charge in [-0.05, 0) is 35.9 Å². The zero-order chi connectivity index (χ0) is 28.6. The molecule has 1 aromatic heterocycles. The number of nitrogens with one attached hydrogen (secondary N) is 1. The van der Waals surface area contributed by atoms with Crippen molar-refractivity contribution in [2.45, 2.75) is 13.0 Å². The number of pyridine rings is 1. The van der Waals surface area contributed by atoms with Gasteiger partial charge in [0.25, 0.3) is 5.91 Å². The minimum Gasteiger partial charge on any atom is -0.494 e. The lowest BCUT2D eigenvalue weighted by molar-refractivity contribution is -0.127. The number of amides is 3. The highest BCUT2D eigenvalue weighted by atomic mass is 19.1. The molecule has 9 nitrogen and oxygen atoms in total. The van der Waals surface area contributed by atoms with Crippen LogP contribution in [0.15, 0.2) is 54.6 Å². The van der Waals surface area contributed by atoms with Crippen LogP contribution in [0.3, 0.4) is 0 Å². The van der Waals surface area contributed by atoms with Crippen molar-refractivity contribution in [3.63, 3.8) is 0 Å². The number of halogens is 1. The first kappa shape index (κ1) is 26.5. The molecule has 3 aliphatic rings. The first-order valence-corrected chi connectivity index (χ1v) is 13.3. The average molecular weight is 555 g/mol. The highest BCUT2D eigenvalue weighted by molar-refractivity contribution is 6.08. The molecule has 2 aromatic carbocycles. The Kier molecular flexibility index (Phi) is 6.89. The first-order valence-electron chi connectivity index (χ1n) is 13.3. The van der Waals surface area contributed by atoms with Gasteiger partial charge in [-0.2, -0.15) is 0 Å². The van der Waals surface area contributed by atoms with Crippen LogP contribution in [0.5, 0.6) is 5.75 Å². The van der Waals surface area contributed by atoms with Gasteiger partial charge >= 0.3 is 0 Å². The second kappa shape index (κ2) is 10.7. The average Bonchev–Trinajstić information content (AvgIpc) is 3.47. The number of carbonyl (C=O) groups is 3. The van der Waals surface area contributed by atoms with E-state index in [-0.39, 0.29) is 30.8 Å². The van der Waals surface area contributed by atoms with Crippen LogP contribution in [0.25, 0.3) is 11.3 Å². The molecule has 0 bridgehead atoms. The molecule has 3 aromatic rings. The molecular formula is C31H27FN4O5. The predicted molar refractivity (Wildman–Crippen MR) is 147 cm³/mol. The number of rotatable bonds is 5. The Morgan fingerprint density at radius 2 is 1.85 bits per heavy atom. The minimum absolute atomic E-state index is 0.0336. The standard InChI is InChI=1S/C31H27FN4O5/c1-40-24-10-9-22-18-36(29(38)27(22)28(24)32)19-31(17-26(37)34-30(31)39)12-11-20-5-7-21(8-6-20)23-3-2-4-25(33-23)35-13-15-41-16-14-35/h2-10H,13-19H2,1H3,(H,34,37,39)/t31-/m1/s1. The van der Waals surface area contributed by atoms with Crippen LogP contribution < -0.4 is 15.0 Å². The van der Waals surface area contributed by atoms with Crippen LogP contribution in [0.4, 0.5) is 10.2 Å². The normalized spacial score (nSPS) is 20.0. The lowest BCUT2D eigenvalue weighted by Crippen LogP contribution is -2.42. The maximum absolute atomic E-state index is 14.8. The first-order chi connectivity index (χ1) is 19.9. The Balaban J connectivity index is 1.23. The molecule has 2 saturated heterocycles. The number of aromatic nitrogens is 1. The summed E-state index contributed by atoms with van der Waals surface area (Å²) in [5, 5.41) is 2.31. The molecule has 6 rings (SSSR count). The molecule has 41 heavy (non-hydrogen) atoms. The molecule has 0 aliphatic carbocycles. The third-order valence-corrected chi connectivity index (χ3v) is 7.58. The van der Waals surface area contributed by atoms with E-state index in [4.69, 9.17) is 14.5 Å². The number of hydrogen-bond acceptors (Lipinski definition) is 7. The number of nitrogens with zero attached hydrogens (tertiary/aromatic N) is 3. The maximum atomic E-state index is 14.8. The molecule has 0 radical (unpaired) electrons. The van der Waals surface area contributed by atoms with Crippen molar-refractivity contribution >= 4 is 23.5 Å². The van der Waals surface area contributed by atoms with E-state index in [9.17, 15) is 18.8 Å². The molecule has 0 spiro atoms. The molecular weight excluding hydrogens is 527 g/mol. The number of anilines is 1. The number of benzene rings is 2.